The number of phenolic OH excluding ortho intramolecular Hbond substituents is 3. The van der Waals surface area contributed by atoms with Gasteiger partial charge in [0, 0.05) is 23.4 Å². The number of anilines is 1. The second-order valence-electron chi connectivity index (χ2n) is 3.97. The van der Waals surface area contributed by atoms with Gasteiger partial charge < -0.3 is 26.2 Å². The minimum absolute atomic E-state index is 0.0718. The van der Waals surface area contributed by atoms with E-state index in [1.165, 1.54) is 18.2 Å². The van der Waals surface area contributed by atoms with Crippen LogP contribution in [0.2, 0.25) is 0 Å². The van der Waals surface area contributed by atoms with E-state index in [0.29, 0.717) is 0 Å². The largest absolute Gasteiger partial charge is 0.508 e. The Hall–Kier alpha value is -2.89. The fraction of sp³-hybridized carbons (Fsp3) is 0. The third-order valence-electron chi connectivity index (χ3n) is 2.62. The number of aromatic carboxylic acids is 1. The minimum atomic E-state index is -1.22. The van der Waals surface area contributed by atoms with Crippen LogP contribution in [-0.2, 0) is 0 Å². The molecule has 2 aromatic carbocycles. The maximum absolute atomic E-state index is 11.1. The average molecular weight is 261 g/mol. The van der Waals surface area contributed by atoms with Crippen molar-refractivity contribution in [3.8, 4) is 28.4 Å². The van der Waals surface area contributed by atoms with Crippen molar-refractivity contribution in [1.82, 2.24) is 0 Å². The molecule has 0 aliphatic carbocycles. The van der Waals surface area contributed by atoms with E-state index in [1.807, 2.05) is 0 Å². The Morgan fingerprint density at radius 2 is 1.58 bits per heavy atom. The molecule has 0 radical (unpaired) electrons. The number of nitrogen functional groups attached to an aromatic ring is 1. The van der Waals surface area contributed by atoms with Gasteiger partial charge in [-0.25, -0.2) is 4.79 Å². The van der Waals surface area contributed by atoms with E-state index in [-0.39, 0.29) is 28.1 Å². The summed E-state index contributed by atoms with van der Waals surface area (Å²) in [4.78, 5) is 11.1. The lowest BCUT2D eigenvalue weighted by atomic mass is 9.97. The van der Waals surface area contributed by atoms with Gasteiger partial charge in [0.1, 0.15) is 17.2 Å². The number of rotatable bonds is 2. The minimum Gasteiger partial charge on any atom is -0.508 e. The molecule has 6 heteroatoms. The first-order chi connectivity index (χ1) is 8.90. The normalized spacial score (nSPS) is 10.3. The first-order valence-corrected chi connectivity index (χ1v) is 5.28. The van der Waals surface area contributed by atoms with E-state index in [4.69, 9.17) is 10.8 Å². The Morgan fingerprint density at radius 3 is 2.11 bits per heavy atom. The molecule has 0 saturated carbocycles. The summed E-state index contributed by atoms with van der Waals surface area (Å²) in [6, 6.07) is 6.02. The van der Waals surface area contributed by atoms with Gasteiger partial charge in [0.05, 0.1) is 11.1 Å². The van der Waals surface area contributed by atoms with Gasteiger partial charge in [-0.1, -0.05) is 0 Å². The summed E-state index contributed by atoms with van der Waals surface area (Å²) in [5, 5.41) is 37.9. The Morgan fingerprint density at radius 1 is 1.00 bits per heavy atom. The number of hydrogen-bond donors (Lipinski definition) is 5. The molecule has 0 fully saturated rings. The maximum Gasteiger partial charge on any atom is 0.336 e. The molecule has 0 aliphatic heterocycles. The van der Waals surface area contributed by atoms with Crippen molar-refractivity contribution in [3.05, 3.63) is 35.9 Å². The molecule has 2 aromatic rings. The quantitative estimate of drug-likeness (QED) is 0.524. The van der Waals surface area contributed by atoms with E-state index in [2.05, 4.69) is 0 Å². The number of carboxylic acid groups (broad SMARTS) is 1. The van der Waals surface area contributed by atoms with E-state index >= 15 is 0 Å². The number of phenols is 3. The molecule has 0 aromatic heterocycles. The number of carbonyl (C=O) groups is 1. The van der Waals surface area contributed by atoms with E-state index in [9.17, 15) is 20.1 Å². The SMILES string of the molecule is Nc1ccc(C(=O)O)c(-c2c(O)cc(O)cc2O)c1. The maximum atomic E-state index is 11.1. The predicted molar refractivity (Wildman–Crippen MR) is 68.2 cm³/mol. The average Bonchev–Trinajstić information content (AvgIpc) is 2.27. The van der Waals surface area contributed by atoms with Crippen molar-refractivity contribution in [2.75, 3.05) is 5.73 Å². The van der Waals surface area contributed by atoms with Crippen LogP contribution in [0, 0.1) is 0 Å². The molecule has 6 nitrogen and oxygen atoms in total. The highest BCUT2D eigenvalue weighted by atomic mass is 16.4. The molecule has 0 unspecified atom stereocenters. The molecule has 0 saturated heterocycles. The zero-order chi connectivity index (χ0) is 14.2. The molecule has 19 heavy (non-hydrogen) atoms. The van der Waals surface area contributed by atoms with E-state index in [0.717, 1.165) is 12.1 Å². The molecular formula is C13H11NO5. The first-order valence-electron chi connectivity index (χ1n) is 5.28. The highest BCUT2D eigenvalue weighted by Gasteiger charge is 2.19. The van der Waals surface area contributed by atoms with Crippen LogP contribution in [0.4, 0.5) is 5.69 Å². The monoisotopic (exact) mass is 261 g/mol. The van der Waals surface area contributed by atoms with Gasteiger partial charge in [-0.2, -0.15) is 0 Å². The lowest BCUT2D eigenvalue weighted by molar-refractivity contribution is 0.0698. The predicted octanol–water partition coefficient (Wildman–Crippen LogP) is 1.75. The molecule has 0 heterocycles. The highest BCUT2D eigenvalue weighted by Crippen LogP contribution is 2.42. The topological polar surface area (TPSA) is 124 Å². The molecule has 0 aliphatic rings. The van der Waals surface area contributed by atoms with Crippen molar-refractivity contribution in [2.45, 2.75) is 0 Å². The Labute approximate surface area is 108 Å². The van der Waals surface area contributed by atoms with Crippen LogP contribution in [-0.4, -0.2) is 26.4 Å². The Bertz CT molecular complexity index is 643. The van der Waals surface area contributed by atoms with Gasteiger partial charge in [0.15, 0.2) is 0 Å². The van der Waals surface area contributed by atoms with E-state index in [1.54, 1.807) is 0 Å². The molecule has 0 spiro atoms. The van der Waals surface area contributed by atoms with Crippen LogP contribution < -0.4 is 5.73 Å². The Balaban J connectivity index is 2.78. The molecule has 2 rings (SSSR count). The fourth-order valence-corrected chi connectivity index (χ4v) is 1.83. The van der Waals surface area contributed by atoms with Crippen LogP contribution in [0.5, 0.6) is 17.2 Å². The number of carboxylic acids is 1. The molecule has 0 atom stereocenters. The summed E-state index contributed by atoms with van der Waals surface area (Å²) in [5.74, 6) is -2.43. The van der Waals surface area contributed by atoms with Gasteiger partial charge in [0.25, 0.3) is 0 Å². The summed E-state index contributed by atoms with van der Waals surface area (Å²) in [5.41, 5.74) is 5.73. The third kappa shape index (κ3) is 2.23. The van der Waals surface area contributed by atoms with Crippen LogP contribution in [0.25, 0.3) is 11.1 Å². The zero-order valence-corrected chi connectivity index (χ0v) is 9.66. The molecule has 0 bridgehead atoms. The summed E-state index contributed by atoms with van der Waals surface area (Å²) in [6.45, 7) is 0. The van der Waals surface area contributed by atoms with E-state index < -0.39 is 17.5 Å². The third-order valence-corrected chi connectivity index (χ3v) is 2.62. The molecular weight excluding hydrogens is 250 g/mol. The summed E-state index contributed by atoms with van der Waals surface area (Å²) < 4.78 is 0. The lowest BCUT2D eigenvalue weighted by Crippen LogP contribution is -2.01. The van der Waals surface area contributed by atoms with Crippen LogP contribution in [0.3, 0.4) is 0 Å². The second kappa shape index (κ2) is 4.41. The molecule has 6 N–H and O–H groups in total. The van der Waals surface area contributed by atoms with Gasteiger partial charge in [-0.3, -0.25) is 0 Å². The highest BCUT2D eigenvalue weighted by molar-refractivity contribution is 5.99. The second-order valence-corrected chi connectivity index (χ2v) is 3.97. The Kier molecular flexibility index (Phi) is 2.92. The van der Waals surface area contributed by atoms with Crippen LogP contribution in [0.15, 0.2) is 30.3 Å². The summed E-state index contributed by atoms with van der Waals surface area (Å²) in [6.07, 6.45) is 0. The van der Waals surface area contributed by atoms with Crippen LogP contribution in [0.1, 0.15) is 10.4 Å². The van der Waals surface area contributed by atoms with Gasteiger partial charge in [-0.05, 0) is 18.2 Å². The van der Waals surface area contributed by atoms with Crippen molar-refractivity contribution in [1.29, 1.82) is 0 Å². The number of hydrogen-bond acceptors (Lipinski definition) is 5. The first kappa shape index (κ1) is 12.6. The number of nitrogens with two attached hydrogens (primary N) is 1. The molecule has 0 amide bonds. The molecule has 98 valence electrons. The van der Waals surface area contributed by atoms with Crippen LogP contribution >= 0.6 is 0 Å². The van der Waals surface area contributed by atoms with Crippen molar-refractivity contribution >= 4 is 11.7 Å². The fourth-order valence-electron chi connectivity index (χ4n) is 1.83. The van der Waals surface area contributed by atoms with Crippen molar-refractivity contribution < 1.29 is 25.2 Å². The summed E-state index contributed by atoms with van der Waals surface area (Å²) >= 11 is 0. The smallest absolute Gasteiger partial charge is 0.336 e. The standard InChI is InChI=1S/C13H11NO5/c14-6-1-2-8(13(18)19)9(3-6)12-10(16)4-7(15)5-11(12)17/h1-5,15-17H,14H2,(H,18,19). The van der Waals surface area contributed by atoms with Gasteiger partial charge >= 0.3 is 5.97 Å². The number of aromatic hydroxyl groups is 3. The number of benzene rings is 2. The van der Waals surface area contributed by atoms with Gasteiger partial charge in [0.2, 0.25) is 0 Å². The van der Waals surface area contributed by atoms with Crippen molar-refractivity contribution in [2.24, 2.45) is 0 Å². The summed E-state index contributed by atoms with van der Waals surface area (Å²) in [7, 11) is 0. The van der Waals surface area contributed by atoms with Crippen molar-refractivity contribution in [3.63, 3.8) is 0 Å². The zero-order valence-electron chi connectivity index (χ0n) is 9.66. The van der Waals surface area contributed by atoms with Gasteiger partial charge in [-0.15, -0.1) is 0 Å². The lowest BCUT2D eigenvalue weighted by Gasteiger charge is -2.11.